The summed E-state index contributed by atoms with van der Waals surface area (Å²) in [6.45, 7) is 7.88. The first-order chi connectivity index (χ1) is 5.26. The predicted molar refractivity (Wildman–Crippen MR) is 49.2 cm³/mol. The molecule has 0 aromatic heterocycles. The minimum Gasteiger partial charge on any atom is -0.389 e. The molecule has 0 saturated carbocycles. The van der Waals surface area contributed by atoms with Crippen molar-refractivity contribution in [2.24, 2.45) is 5.92 Å². The SMILES string of the molecule is [CH2]CC=CC(O)C(CC)CC. The molecule has 1 N–H and O–H groups in total. The molecule has 0 aromatic carbocycles. The largest absolute Gasteiger partial charge is 0.389 e. The van der Waals surface area contributed by atoms with Crippen LogP contribution in [-0.4, -0.2) is 11.2 Å². The summed E-state index contributed by atoms with van der Waals surface area (Å²) >= 11 is 0. The van der Waals surface area contributed by atoms with Crippen LogP contribution in [0.1, 0.15) is 33.1 Å². The number of hydrogen-bond donors (Lipinski definition) is 1. The molecule has 0 spiro atoms. The highest BCUT2D eigenvalue weighted by atomic mass is 16.3. The summed E-state index contributed by atoms with van der Waals surface area (Å²) in [5.74, 6) is 0.415. The summed E-state index contributed by atoms with van der Waals surface area (Å²) in [6, 6.07) is 0. The normalized spacial score (nSPS) is 14.6. The second-order valence-electron chi connectivity index (χ2n) is 2.78. The zero-order chi connectivity index (χ0) is 8.69. The van der Waals surface area contributed by atoms with Gasteiger partial charge in [-0.05, 0) is 19.3 Å². The second kappa shape index (κ2) is 6.41. The number of aliphatic hydroxyl groups is 1. The van der Waals surface area contributed by atoms with Gasteiger partial charge in [0.2, 0.25) is 0 Å². The maximum absolute atomic E-state index is 9.53. The predicted octanol–water partition coefficient (Wildman–Crippen LogP) is 2.56. The van der Waals surface area contributed by atoms with E-state index in [9.17, 15) is 5.11 Å². The van der Waals surface area contributed by atoms with Gasteiger partial charge in [-0.3, -0.25) is 0 Å². The zero-order valence-electron chi connectivity index (χ0n) is 7.59. The minimum absolute atomic E-state index is 0.272. The fraction of sp³-hybridized carbons (Fsp3) is 0.700. The second-order valence-corrected chi connectivity index (χ2v) is 2.78. The molecule has 0 heterocycles. The molecular weight excluding hydrogens is 136 g/mol. The highest BCUT2D eigenvalue weighted by Crippen LogP contribution is 2.13. The average molecular weight is 155 g/mol. The molecule has 65 valence electrons. The van der Waals surface area contributed by atoms with E-state index in [1.807, 2.05) is 12.2 Å². The summed E-state index contributed by atoms with van der Waals surface area (Å²) in [5.41, 5.74) is 0. The standard InChI is InChI=1S/C10H19O/c1-4-7-8-10(11)9(5-2)6-3/h7-11H,1,4-6H2,2-3H3. The zero-order valence-corrected chi connectivity index (χ0v) is 7.59. The third-order valence-electron chi connectivity index (χ3n) is 2.03. The molecule has 0 fully saturated rings. The van der Waals surface area contributed by atoms with Crippen LogP contribution in [0, 0.1) is 12.8 Å². The van der Waals surface area contributed by atoms with E-state index >= 15 is 0 Å². The molecule has 0 saturated heterocycles. The summed E-state index contributed by atoms with van der Waals surface area (Å²) in [7, 11) is 0. The van der Waals surface area contributed by atoms with Gasteiger partial charge in [0, 0.05) is 0 Å². The third kappa shape index (κ3) is 4.20. The summed E-state index contributed by atoms with van der Waals surface area (Å²) in [4.78, 5) is 0. The topological polar surface area (TPSA) is 20.2 Å². The van der Waals surface area contributed by atoms with Crippen molar-refractivity contribution in [1.29, 1.82) is 0 Å². The van der Waals surface area contributed by atoms with Crippen LogP contribution in [0.4, 0.5) is 0 Å². The first-order valence-electron chi connectivity index (χ1n) is 4.40. The maximum Gasteiger partial charge on any atom is 0.0748 e. The van der Waals surface area contributed by atoms with Crippen molar-refractivity contribution in [1.82, 2.24) is 0 Å². The Bertz CT molecular complexity index is 103. The Morgan fingerprint density at radius 3 is 2.27 bits per heavy atom. The van der Waals surface area contributed by atoms with Crippen molar-refractivity contribution in [2.45, 2.75) is 39.2 Å². The van der Waals surface area contributed by atoms with E-state index in [4.69, 9.17) is 0 Å². The summed E-state index contributed by atoms with van der Waals surface area (Å²) < 4.78 is 0. The minimum atomic E-state index is -0.272. The van der Waals surface area contributed by atoms with Crippen molar-refractivity contribution in [3.8, 4) is 0 Å². The van der Waals surface area contributed by atoms with Crippen LogP contribution >= 0.6 is 0 Å². The van der Waals surface area contributed by atoms with Crippen LogP contribution in [0.15, 0.2) is 12.2 Å². The fourth-order valence-electron chi connectivity index (χ4n) is 1.16. The van der Waals surface area contributed by atoms with Crippen LogP contribution < -0.4 is 0 Å². The van der Waals surface area contributed by atoms with Crippen molar-refractivity contribution in [3.63, 3.8) is 0 Å². The monoisotopic (exact) mass is 155 g/mol. The van der Waals surface area contributed by atoms with Crippen LogP contribution in [0.25, 0.3) is 0 Å². The van der Waals surface area contributed by atoms with Gasteiger partial charge in [0.1, 0.15) is 0 Å². The lowest BCUT2D eigenvalue weighted by Gasteiger charge is -2.15. The molecule has 0 bridgehead atoms. The van der Waals surface area contributed by atoms with Crippen LogP contribution in [0.2, 0.25) is 0 Å². The molecule has 0 aliphatic heterocycles. The van der Waals surface area contributed by atoms with E-state index in [1.54, 1.807) is 0 Å². The lowest BCUT2D eigenvalue weighted by molar-refractivity contribution is 0.146. The van der Waals surface area contributed by atoms with Gasteiger partial charge in [-0.1, -0.05) is 38.8 Å². The van der Waals surface area contributed by atoms with E-state index in [1.165, 1.54) is 0 Å². The Labute approximate surface area is 70.1 Å². The Morgan fingerprint density at radius 1 is 1.36 bits per heavy atom. The van der Waals surface area contributed by atoms with Gasteiger partial charge in [-0.25, -0.2) is 0 Å². The number of rotatable bonds is 5. The van der Waals surface area contributed by atoms with Crippen molar-refractivity contribution in [3.05, 3.63) is 19.1 Å². The lowest BCUT2D eigenvalue weighted by atomic mass is 9.96. The van der Waals surface area contributed by atoms with Gasteiger partial charge in [-0.2, -0.15) is 0 Å². The molecule has 0 amide bonds. The van der Waals surface area contributed by atoms with Crippen LogP contribution in [0.3, 0.4) is 0 Å². The third-order valence-corrected chi connectivity index (χ3v) is 2.03. The summed E-state index contributed by atoms with van der Waals surface area (Å²) in [5, 5.41) is 9.53. The molecule has 0 aromatic rings. The molecule has 1 atom stereocenters. The lowest BCUT2D eigenvalue weighted by Crippen LogP contribution is -2.15. The molecule has 0 aliphatic rings. The Hall–Kier alpha value is -0.300. The number of allylic oxidation sites excluding steroid dienone is 1. The average Bonchev–Trinajstić information content (AvgIpc) is 2.03. The van der Waals surface area contributed by atoms with Gasteiger partial charge in [-0.15, -0.1) is 0 Å². The smallest absolute Gasteiger partial charge is 0.0748 e. The van der Waals surface area contributed by atoms with Crippen molar-refractivity contribution in [2.75, 3.05) is 0 Å². The molecule has 1 radical (unpaired) electrons. The highest BCUT2D eigenvalue weighted by molar-refractivity contribution is 4.91. The quantitative estimate of drug-likeness (QED) is 0.605. The van der Waals surface area contributed by atoms with Crippen molar-refractivity contribution < 1.29 is 5.11 Å². The molecule has 11 heavy (non-hydrogen) atoms. The van der Waals surface area contributed by atoms with Gasteiger partial charge >= 0.3 is 0 Å². The van der Waals surface area contributed by atoms with Gasteiger partial charge in [0.15, 0.2) is 0 Å². The van der Waals surface area contributed by atoms with Gasteiger partial charge < -0.3 is 5.11 Å². The van der Waals surface area contributed by atoms with E-state index < -0.39 is 0 Å². The molecule has 0 rings (SSSR count). The van der Waals surface area contributed by atoms with Crippen molar-refractivity contribution >= 4 is 0 Å². The Kier molecular flexibility index (Phi) is 6.24. The number of aliphatic hydroxyl groups excluding tert-OH is 1. The molecular formula is C10H19O. The highest BCUT2D eigenvalue weighted by Gasteiger charge is 2.10. The maximum atomic E-state index is 9.53. The van der Waals surface area contributed by atoms with E-state index in [0.717, 1.165) is 19.3 Å². The Morgan fingerprint density at radius 2 is 1.91 bits per heavy atom. The molecule has 0 aliphatic carbocycles. The molecule has 1 heteroatoms. The van der Waals surface area contributed by atoms with Crippen LogP contribution in [0.5, 0.6) is 0 Å². The van der Waals surface area contributed by atoms with Crippen LogP contribution in [-0.2, 0) is 0 Å². The molecule has 1 unspecified atom stereocenters. The van der Waals surface area contributed by atoms with Gasteiger partial charge in [0.05, 0.1) is 6.10 Å². The Balaban J connectivity index is 3.77. The van der Waals surface area contributed by atoms with E-state index in [-0.39, 0.29) is 6.10 Å². The van der Waals surface area contributed by atoms with Gasteiger partial charge in [0.25, 0.3) is 0 Å². The number of hydrogen-bond acceptors (Lipinski definition) is 1. The first kappa shape index (κ1) is 10.7. The fourth-order valence-corrected chi connectivity index (χ4v) is 1.16. The van der Waals surface area contributed by atoms with E-state index in [0.29, 0.717) is 5.92 Å². The first-order valence-corrected chi connectivity index (χ1v) is 4.40. The molecule has 1 nitrogen and oxygen atoms in total. The summed E-state index contributed by atoms with van der Waals surface area (Å²) in [6.07, 6.45) is 6.34. The van der Waals surface area contributed by atoms with E-state index in [2.05, 4.69) is 20.8 Å².